The normalized spacial score (nSPS) is 18.8. The number of nitrogens with one attached hydrogen (secondary N) is 2. The molecule has 2 heterocycles. The molecule has 2 aliphatic rings. The van der Waals surface area contributed by atoms with Gasteiger partial charge in [-0.3, -0.25) is 15.1 Å². The molecule has 0 saturated carbocycles. The van der Waals surface area contributed by atoms with Crippen molar-refractivity contribution in [1.82, 2.24) is 15.1 Å². The Morgan fingerprint density at radius 1 is 1.12 bits per heavy atom. The standard InChI is InChI=1S/C17H24N6O/c18-16(19)15-17(20)23(11-14(24)21-15)10-13-6-2-1-5-12(13)9-22-7-3-4-8-22/h1-2,5-6,20H,3-4,7-11,18-19H2,(H,21,24). The van der Waals surface area contributed by atoms with E-state index in [4.69, 9.17) is 16.9 Å². The van der Waals surface area contributed by atoms with Crippen LogP contribution in [0.5, 0.6) is 0 Å². The number of nitrogens with zero attached hydrogens (tertiary/aromatic N) is 2. The fourth-order valence-corrected chi connectivity index (χ4v) is 3.25. The average molecular weight is 328 g/mol. The van der Waals surface area contributed by atoms with Crippen molar-refractivity contribution in [3.05, 3.63) is 46.9 Å². The van der Waals surface area contributed by atoms with Crippen molar-refractivity contribution >= 4 is 11.7 Å². The molecule has 0 aromatic heterocycles. The molecule has 2 saturated heterocycles. The van der Waals surface area contributed by atoms with Gasteiger partial charge in [0, 0.05) is 13.1 Å². The van der Waals surface area contributed by atoms with Gasteiger partial charge >= 0.3 is 0 Å². The van der Waals surface area contributed by atoms with E-state index in [1.807, 2.05) is 12.1 Å². The highest BCUT2D eigenvalue weighted by atomic mass is 16.2. The van der Waals surface area contributed by atoms with Gasteiger partial charge in [0.2, 0.25) is 5.91 Å². The Morgan fingerprint density at radius 2 is 1.75 bits per heavy atom. The molecule has 0 aliphatic carbocycles. The molecule has 7 nitrogen and oxygen atoms in total. The van der Waals surface area contributed by atoms with Crippen molar-refractivity contribution in [3.8, 4) is 0 Å². The Morgan fingerprint density at radius 3 is 2.38 bits per heavy atom. The number of benzene rings is 1. The maximum atomic E-state index is 11.9. The largest absolute Gasteiger partial charge is 0.384 e. The summed E-state index contributed by atoms with van der Waals surface area (Å²) in [5, 5.41) is 10.8. The second-order valence-electron chi connectivity index (χ2n) is 6.34. The monoisotopic (exact) mass is 328 g/mol. The number of piperazine rings is 1. The Labute approximate surface area is 141 Å². The Hall–Kier alpha value is -2.54. The number of hydrogen-bond acceptors (Lipinski definition) is 5. The van der Waals surface area contributed by atoms with E-state index in [0.29, 0.717) is 6.54 Å². The minimum Gasteiger partial charge on any atom is -0.384 e. The highest BCUT2D eigenvalue weighted by Gasteiger charge is 2.27. The zero-order chi connectivity index (χ0) is 17.1. The molecule has 1 aromatic carbocycles. The lowest BCUT2D eigenvalue weighted by Crippen LogP contribution is -2.51. The van der Waals surface area contributed by atoms with E-state index in [-0.39, 0.29) is 29.8 Å². The number of nitrogens with two attached hydrogens (primary N) is 2. The van der Waals surface area contributed by atoms with Crippen LogP contribution in [0.1, 0.15) is 24.0 Å². The molecular formula is C17H24N6O. The summed E-state index contributed by atoms with van der Waals surface area (Å²) in [6.07, 6.45) is 2.51. The summed E-state index contributed by atoms with van der Waals surface area (Å²) in [5.74, 6) is -0.0830. The smallest absolute Gasteiger partial charge is 0.244 e. The quantitative estimate of drug-likeness (QED) is 0.634. The molecule has 0 radical (unpaired) electrons. The van der Waals surface area contributed by atoms with Crippen LogP contribution in [-0.4, -0.2) is 41.2 Å². The van der Waals surface area contributed by atoms with Crippen molar-refractivity contribution < 1.29 is 4.79 Å². The lowest BCUT2D eigenvalue weighted by molar-refractivity contribution is -0.121. The molecule has 0 bridgehead atoms. The van der Waals surface area contributed by atoms with Crippen molar-refractivity contribution in [2.24, 2.45) is 11.5 Å². The molecule has 128 valence electrons. The topological polar surface area (TPSA) is 111 Å². The predicted molar refractivity (Wildman–Crippen MR) is 92.6 cm³/mol. The van der Waals surface area contributed by atoms with E-state index in [1.165, 1.54) is 18.4 Å². The summed E-state index contributed by atoms with van der Waals surface area (Å²) in [6.45, 7) is 3.80. The van der Waals surface area contributed by atoms with Crippen LogP contribution in [0, 0.1) is 5.41 Å². The Kier molecular flexibility index (Phi) is 4.71. The van der Waals surface area contributed by atoms with E-state index in [0.717, 1.165) is 25.2 Å². The van der Waals surface area contributed by atoms with E-state index in [9.17, 15) is 4.79 Å². The number of carbonyl (C=O) groups is 1. The number of amidine groups is 1. The van der Waals surface area contributed by atoms with Crippen molar-refractivity contribution in [2.45, 2.75) is 25.9 Å². The van der Waals surface area contributed by atoms with Crippen molar-refractivity contribution in [2.75, 3.05) is 19.6 Å². The van der Waals surface area contributed by atoms with Gasteiger partial charge < -0.3 is 21.7 Å². The van der Waals surface area contributed by atoms with Gasteiger partial charge in [0.1, 0.15) is 17.4 Å². The molecule has 1 amide bonds. The highest BCUT2D eigenvalue weighted by molar-refractivity contribution is 6.04. The Balaban J connectivity index is 1.78. The zero-order valence-corrected chi connectivity index (χ0v) is 13.7. The minimum absolute atomic E-state index is 0.0385. The lowest BCUT2D eigenvalue weighted by atomic mass is 10.1. The van der Waals surface area contributed by atoms with Crippen molar-refractivity contribution in [3.63, 3.8) is 0 Å². The number of amides is 1. The summed E-state index contributed by atoms with van der Waals surface area (Å²) < 4.78 is 0. The first-order chi connectivity index (χ1) is 11.5. The van der Waals surface area contributed by atoms with Gasteiger partial charge in [-0.1, -0.05) is 24.3 Å². The van der Waals surface area contributed by atoms with Crippen LogP contribution >= 0.6 is 0 Å². The molecular weight excluding hydrogens is 304 g/mol. The number of rotatable bonds is 4. The van der Waals surface area contributed by atoms with E-state index >= 15 is 0 Å². The molecule has 6 N–H and O–H groups in total. The van der Waals surface area contributed by atoms with Gasteiger partial charge in [0.15, 0.2) is 0 Å². The van der Waals surface area contributed by atoms with Gasteiger partial charge in [-0.2, -0.15) is 0 Å². The molecule has 0 spiro atoms. The van der Waals surface area contributed by atoms with Crippen molar-refractivity contribution in [1.29, 1.82) is 5.41 Å². The molecule has 0 atom stereocenters. The van der Waals surface area contributed by atoms with Crippen LogP contribution in [0.3, 0.4) is 0 Å². The molecule has 2 aliphatic heterocycles. The Bertz CT molecular complexity index is 673. The van der Waals surface area contributed by atoms with Gasteiger partial charge in [0.05, 0.1) is 6.54 Å². The second-order valence-corrected chi connectivity index (χ2v) is 6.34. The predicted octanol–water partition coefficient (Wildman–Crippen LogP) is 0.278. The number of carbonyl (C=O) groups excluding carboxylic acids is 1. The maximum Gasteiger partial charge on any atom is 0.244 e. The van der Waals surface area contributed by atoms with Gasteiger partial charge in [0.25, 0.3) is 0 Å². The summed E-state index contributed by atoms with van der Waals surface area (Å²) in [5.41, 5.74) is 13.7. The zero-order valence-electron chi connectivity index (χ0n) is 13.7. The van der Waals surface area contributed by atoms with E-state index in [2.05, 4.69) is 22.3 Å². The second kappa shape index (κ2) is 6.92. The number of likely N-dealkylation sites (tertiary alicyclic amines) is 1. The fourth-order valence-electron chi connectivity index (χ4n) is 3.25. The van der Waals surface area contributed by atoms with Gasteiger partial charge in [-0.15, -0.1) is 0 Å². The van der Waals surface area contributed by atoms with Crippen LogP contribution in [0.4, 0.5) is 0 Å². The third-order valence-electron chi connectivity index (χ3n) is 4.51. The van der Waals surface area contributed by atoms with Crippen LogP contribution in [-0.2, 0) is 17.9 Å². The van der Waals surface area contributed by atoms with Gasteiger partial charge in [-0.25, -0.2) is 0 Å². The molecule has 3 rings (SSSR count). The third-order valence-corrected chi connectivity index (χ3v) is 4.51. The average Bonchev–Trinajstić information content (AvgIpc) is 3.05. The first-order valence-electron chi connectivity index (χ1n) is 8.22. The minimum atomic E-state index is -0.202. The van der Waals surface area contributed by atoms with E-state index in [1.54, 1.807) is 4.90 Å². The SMILES string of the molecule is N=C1C(=C(N)N)NC(=O)CN1Cc1ccccc1CN1CCCC1. The summed E-state index contributed by atoms with van der Waals surface area (Å²) in [6, 6.07) is 8.20. The van der Waals surface area contributed by atoms with E-state index < -0.39 is 0 Å². The molecule has 24 heavy (non-hydrogen) atoms. The number of hydrogen-bond donors (Lipinski definition) is 4. The molecule has 2 fully saturated rings. The summed E-state index contributed by atoms with van der Waals surface area (Å²) >= 11 is 0. The third kappa shape index (κ3) is 3.51. The van der Waals surface area contributed by atoms with Gasteiger partial charge in [-0.05, 0) is 37.1 Å². The lowest BCUT2D eigenvalue weighted by Gasteiger charge is -2.32. The van der Waals surface area contributed by atoms with Crippen LogP contribution in [0.2, 0.25) is 0 Å². The molecule has 1 aromatic rings. The fraction of sp³-hybridized carbons (Fsp3) is 0.412. The summed E-state index contributed by atoms with van der Waals surface area (Å²) in [4.78, 5) is 16.0. The van der Waals surface area contributed by atoms with Crippen LogP contribution in [0.15, 0.2) is 35.8 Å². The van der Waals surface area contributed by atoms with Crippen LogP contribution < -0.4 is 16.8 Å². The molecule has 0 unspecified atom stereocenters. The first-order valence-corrected chi connectivity index (χ1v) is 8.22. The molecule has 7 heteroatoms. The summed E-state index contributed by atoms with van der Waals surface area (Å²) in [7, 11) is 0. The maximum absolute atomic E-state index is 11.9. The first kappa shape index (κ1) is 16.3. The highest BCUT2D eigenvalue weighted by Crippen LogP contribution is 2.19. The van der Waals surface area contributed by atoms with Crippen LogP contribution in [0.25, 0.3) is 0 Å².